The standard InChI is InChI=1S/C37H40N6O3S/c1-22(2)26-17-25-15-16-42(21-30(25)28(18-26)35(44)41-37-39-31-11-7-8-12-32(31)47-37)33-14-13-27(34(40-33)36(45)46)29-19-38-43(23(29)3)20-24-9-5-4-6-10-24/h7-8,11-14,17-19,22,24H,4-6,9-10,15-16,20-21H2,1-3H3,(H,45,46)(H,39,41,44). The van der Waals surface area contributed by atoms with E-state index in [0.29, 0.717) is 41.1 Å². The van der Waals surface area contributed by atoms with Gasteiger partial charge in [-0.2, -0.15) is 5.10 Å². The molecule has 0 saturated heterocycles. The Bertz CT molecular complexity index is 1940. The van der Waals surface area contributed by atoms with Crippen molar-refractivity contribution in [2.75, 3.05) is 16.8 Å². The maximum atomic E-state index is 13.8. The smallest absolute Gasteiger partial charge is 0.355 e. The van der Waals surface area contributed by atoms with Crippen molar-refractivity contribution in [3.8, 4) is 11.1 Å². The van der Waals surface area contributed by atoms with Crippen LogP contribution in [0, 0.1) is 12.8 Å². The predicted octanol–water partition coefficient (Wildman–Crippen LogP) is 8.08. The molecule has 5 aromatic rings. The van der Waals surface area contributed by atoms with Crippen molar-refractivity contribution in [2.45, 2.75) is 78.3 Å². The van der Waals surface area contributed by atoms with Crippen LogP contribution in [0.3, 0.4) is 0 Å². The summed E-state index contributed by atoms with van der Waals surface area (Å²) in [7, 11) is 0. The normalized spacial score (nSPS) is 15.3. The first-order valence-corrected chi connectivity index (χ1v) is 17.4. The van der Waals surface area contributed by atoms with Gasteiger partial charge in [-0.05, 0) is 85.0 Å². The topological polar surface area (TPSA) is 113 Å². The van der Waals surface area contributed by atoms with Gasteiger partial charge < -0.3 is 10.0 Å². The van der Waals surface area contributed by atoms with Crippen LogP contribution in [0.25, 0.3) is 21.3 Å². The Morgan fingerprint density at radius 2 is 1.85 bits per heavy atom. The largest absolute Gasteiger partial charge is 0.476 e. The number of fused-ring (bicyclic) bond motifs is 2. The summed E-state index contributed by atoms with van der Waals surface area (Å²) in [5.74, 6) is 0.183. The molecule has 9 nitrogen and oxygen atoms in total. The van der Waals surface area contributed by atoms with Crippen LogP contribution in [0.15, 0.2) is 54.7 Å². The number of thiazole rings is 1. The monoisotopic (exact) mass is 648 g/mol. The Kier molecular flexibility index (Phi) is 8.53. The number of hydrogen-bond donors (Lipinski definition) is 2. The average molecular weight is 649 g/mol. The third kappa shape index (κ3) is 6.26. The molecule has 4 heterocycles. The minimum atomic E-state index is -1.07. The molecule has 10 heteroatoms. The number of amides is 1. The van der Waals surface area contributed by atoms with Gasteiger partial charge in [0.1, 0.15) is 5.82 Å². The first kappa shape index (κ1) is 31.1. The number of nitrogens with zero attached hydrogens (tertiary/aromatic N) is 5. The van der Waals surface area contributed by atoms with Crippen molar-refractivity contribution < 1.29 is 14.7 Å². The van der Waals surface area contributed by atoms with Crippen molar-refractivity contribution in [1.82, 2.24) is 19.7 Å². The molecule has 3 aromatic heterocycles. The highest BCUT2D eigenvalue weighted by molar-refractivity contribution is 7.22. The fourth-order valence-electron chi connectivity index (χ4n) is 7.03. The summed E-state index contributed by atoms with van der Waals surface area (Å²) in [5, 5.41) is 18.6. The average Bonchev–Trinajstić information content (AvgIpc) is 3.66. The molecular formula is C37H40N6O3S. The third-order valence-electron chi connectivity index (χ3n) is 9.75. The highest BCUT2D eigenvalue weighted by Gasteiger charge is 2.27. The van der Waals surface area contributed by atoms with E-state index in [1.54, 1.807) is 6.20 Å². The highest BCUT2D eigenvalue weighted by Crippen LogP contribution is 2.34. The molecule has 0 bridgehead atoms. The molecule has 7 rings (SSSR count). The maximum absolute atomic E-state index is 13.8. The van der Waals surface area contributed by atoms with Gasteiger partial charge in [0.15, 0.2) is 10.8 Å². The molecule has 2 aromatic carbocycles. The molecule has 1 amide bonds. The molecule has 0 unspecified atom stereocenters. The van der Waals surface area contributed by atoms with Gasteiger partial charge >= 0.3 is 5.97 Å². The predicted molar refractivity (Wildman–Crippen MR) is 187 cm³/mol. The minimum Gasteiger partial charge on any atom is -0.476 e. The fraction of sp³-hybridized carbons (Fsp3) is 0.378. The third-order valence-corrected chi connectivity index (χ3v) is 10.7. The SMILES string of the molecule is Cc1c(-c2ccc(N3CCc4cc(C(C)C)cc(C(=O)Nc5nc6ccccc6s5)c4C3)nc2C(=O)O)cnn1CC1CCCCC1. The summed E-state index contributed by atoms with van der Waals surface area (Å²) < 4.78 is 3.04. The van der Waals surface area contributed by atoms with Crippen LogP contribution in [0.1, 0.15) is 95.1 Å². The number of nitrogens with one attached hydrogen (secondary N) is 1. The number of anilines is 2. The van der Waals surface area contributed by atoms with Crippen LogP contribution >= 0.6 is 11.3 Å². The lowest BCUT2D eigenvalue weighted by molar-refractivity contribution is 0.0691. The second kappa shape index (κ2) is 12.9. The lowest BCUT2D eigenvalue weighted by Gasteiger charge is -2.32. The van der Waals surface area contributed by atoms with Gasteiger partial charge in [0.2, 0.25) is 0 Å². The Morgan fingerprint density at radius 3 is 2.62 bits per heavy atom. The summed E-state index contributed by atoms with van der Waals surface area (Å²) in [6, 6.07) is 15.8. The van der Waals surface area contributed by atoms with Gasteiger partial charge in [0.25, 0.3) is 5.91 Å². The molecule has 0 atom stereocenters. The first-order valence-electron chi connectivity index (χ1n) is 16.6. The molecule has 2 N–H and O–H groups in total. The van der Waals surface area contributed by atoms with Crippen molar-refractivity contribution in [3.63, 3.8) is 0 Å². The lowest BCUT2D eigenvalue weighted by Crippen LogP contribution is -2.33. The molecule has 1 aliphatic carbocycles. The van der Waals surface area contributed by atoms with E-state index in [0.717, 1.165) is 51.1 Å². The number of aromatic carboxylic acids is 1. The molecule has 1 saturated carbocycles. The van der Waals surface area contributed by atoms with Crippen LogP contribution in [-0.4, -0.2) is 43.3 Å². The van der Waals surface area contributed by atoms with Crippen LogP contribution in [-0.2, 0) is 19.5 Å². The quantitative estimate of drug-likeness (QED) is 0.175. The fourth-order valence-corrected chi connectivity index (χ4v) is 7.89. The van der Waals surface area contributed by atoms with E-state index >= 15 is 0 Å². The molecule has 47 heavy (non-hydrogen) atoms. The van der Waals surface area contributed by atoms with Gasteiger partial charge in [0.05, 0.1) is 16.4 Å². The van der Waals surface area contributed by atoms with Crippen molar-refractivity contribution in [1.29, 1.82) is 0 Å². The van der Waals surface area contributed by atoms with E-state index in [9.17, 15) is 14.7 Å². The van der Waals surface area contributed by atoms with Gasteiger partial charge in [-0.15, -0.1) is 0 Å². The number of carbonyl (C=O) groups excluding carboxylic acids is 1. The molecule has 1 aliphatic heterocycles. The second-order valence-corrected chi connectivity index (χ2v) is 14.2. The number of carboxylic acids is 1. The van der Waals surface area contributed by atoms with Crippen molar-refractivity contribution >= 4 is 44.4 Å². The summed E-state index contributed by atoms with van der Waals surface area (Å²) in [6.45, 7) is 8.25. The molecule has 0 spiro atoms. The zero-order valence-corrected chi connectivity index (χ0v) is 27.9. The van der Waals surface area contributed by atoms with Crippen molar-refractivity contribution in [2.24, 2.45) is 5.92 Å². The number of hydrogen-bond acceptors (Lipinski definition) is 7. The van der Waals surface area contributed by atoms with Gasteiger partial charge in [-0.3, -0.25) is 14.8 Å². The Balaban J connectivity index is 1.17. The number of pyridine rings is 1. The number of carboxylic acid groups (broad SMARTS) is 1. The van der Waals surface area contributed by atoms with E-state index < -0.39 is 5.97 Å². The van der Waals surface area contributed by atoms with E-state index in [1.165, 1.54) is 43.4 Å². The van der Waals surface area contributed by atoms with Gasteiger partial charge in [-0.1, -0.05) is 62.6 Å². The Hall–Kier alpha value is -4.57. The summed E-state index contributed by atoms with van der Waals surface area (Å²) in [4.78, 5) is 37.8. The van der Waals surface area contributed by atoms with Crippen LogP contribution < -0.4 is 10.2 Å². The van der Waals surface area contributed by atoms with Crippen LogP contribution in [0.4, 0.5) is 10.9 Å². The summed E-state index contributed by atoms with van der Waals surface area (Å²) >= 11 is 1.46. The summed E-state index contributed by atoms with van der Waals surface area (Å²) in [6.07, 6.45) is 8.77. The van der Waals surface area contributed by atoms with Gasteiger partial charge in [0, 0.05) is 42.0 Å². The first-order chi connectivity index (χ1) is 22.7. The Labute approximate surface area is 278 Å². The van der Waals surface area contributed by atoms with Crippen LogP contribution in [0.5, 0.6) is 0 Å². The van der Waals surface area contributed by atoms with Gasteiger partial charge in [-0.25, -0.2) is 14.8 Å². The number of para-hydroxylation sites is 1. The second-order valence-electron chi connectivity index (χ2n) is 13.2. The van der Waals surface area contributed by atoms with E-state index in [4.69, 9.17) is 4.98 Å². The highest BCUT2D eigenvalue weighted by atomic mass is 32.1. The van der Waals surface area contributed by atoms with E-state index in [-0.39, 0.29) is 17.5 Å². The number of carbonyl (C=O) groups is 2. The van der Waals surface area contributed by atoms with Crippen LogP contribution in [0.2, 0.25) is 0 Å². The number of aromatic nitrogens is 4. The molecule has 242 valence electrons. The zero-order chi connectivity index (χ0) is 32.7. The molecular weight excluding hydrogens is 609 g/mol. The molecule has 2 aliphatic rings. The molecule has 0 radical (unpaired) electrons. The zero-order valence-electron chi connectivity index (χ0n) is 27.1. The number of rotatable bonds is 8. The van der Waals surface area contributed by atoms with Crippen molar-refractivity contribution in [3.05, 3.63) is 88.4 Å². The molecule has 1 fully saturated rings. The minimum absolute atomic E-state index is 0.0116. The maximum Gasteiger partial charge on any atom is 0.355 e. The Morgan fingerprint density at radius 1 is 1.04 bits per heavy atom. The summed E-state index contributed by atoms with van der Waals surface area (Å²) in [5.41, 5.74) is 7.00. The van der Waals surface area contributed by atoms with E-state index in [2.05, 4.69) is 40.2 Å². The number of benzene rings is 2. The van der Waals surface area contributed by atoms with E-state index in [1.807, 2.05) is 54.1 Å². The lowest BCUT2D eigenvalue weighted by atomic mass is 9.88.